The second-order valence-electron chi connectivity index (χ2n) is 6.77. The molecule has 1 aliphatic rings. The number of hydrogen-bond donors (Lipinski definition) is 0. The van der Waals surface area contributed by atoms with Crippen LogP contribution >= 0.6 is 0 Å². The standard InChI is InChI=1S/C14H26/c1-12(2,3)14(13(4,5)6)10-8-7-9-11-14/h8,10H,7,9,11H2,1-6H3. The lowest BCUT2D eigenvalue weighted by atomic mass is 9.51. The molecular formula is C14H26. The lowest BCUT2D eigenvalue weighted by Gasteiger charge is -2.53. The molecule has 0 unspecified atom stereocenters. The Labute approximate surface area is 89.8 Å². The van der Waals surface area contributed by atoms with Gasteiger partial charge in [0, 0.05) is 0 Å². The Kier molecular flexibility index (Phi) is 2.87. The van der Waals surface area contributed by atoms with E-state index in [9.17, 15) is 0 Å². The summed E-state index contributed by atoms with van der Waals surface area (Å²) in [5, 5.41) is 0. The first-order chi connectivity index (χ1) is 6.21. The van der Waals surface area contributed by atoms with Crippen LogP contribution in [0.2, 0.25) is 0 Å². The highest BCUT2D eigenvalue weighted by Gasteiger charge is 2.48. The van der Waals surface area contributed by atoms with Crippen molar-refractivity contribution in [3.63, 3.8) is 0 Å². The monoisotopic (exact) mass is 194 g/mol. The Hall–Kier alpha value is -0.260. The molecule has 0 bridgehead atoms. The Balaban J connectivity index is 3.15. The molecule has 0 atom stereocenters. The number of hydrogen-bond acceptors (Lipinski definition) is 0. The van der Waals surface area contributed by atoms with E-state index in [-0.39, 0.29) is 0 Å². The van der Waals surface area contributed by atoms with Crippen LogP contribution in [-0.2, 0) is 0 Å². The fourth-order valence-corrected chi connectivity index (χ4v) is 3.24. The van der Waals surface area contributed by atoms with Gasteiger partial charge >= 0.3 is 0 Å². The molecule has 1 rings (SSSR count). The summed E-state index contributed by atoms with van der Waals surface area (Å²) in [6.45, 7) is 14.3. The Morgan fingerprint density at radius 3 is 1.64 bits per heavy atom. The van der Waals surface area contributed by atoms with Gasteiger partial charge in [-0.1, -0.05) is 53.7 Å². The molecule has 0 aromatic heterocycles. The molecule has 0 aromatic carbocycles. The first-order valence-corrected chi connectivity index (χ1v) is 5.88. The maximum atomic E-state index is 2.50. The minimum atomic E-state index is 0.363. The highest BCUT2D eigenvalue weighted by atomic mass is 14.5. The molecule has 0 amide bonds. The topological polar surface area (TPSA) is 0 Å². The maximum absolute atomic E-state index is 2.50. The van der Waals surface area contributed by atoms with Crippen molar-refractivity contribution >= 4 is 0 Å². The zero-order chi connectivity index (χ0) is 11.0. The molecule has 0 aliphatic heterocycles. The lowest BCUT2D eigenvalue weighted by molar-refractivity contribution is 0.00305. The van der Waals surface area contributed by atoms with Crippen molar-refractivity contribution in [2.24, 2.45) is 16.2 Å². The van der Waals surface area contributed by atoms with Gasteiger partial charge in [0.2, 0.25) is 0 Å². The highest BCUT2D eigenvalue weighted by molar-refractivity contribution is 5.13. The molecule has 0 radical (unpaired) electrons. The average molecular weight is 194 g/mol. The lowest BCUT2D eigenvalue weighted by Crippen LogP contribution is -2.45. The van der Waals surface area contributed by atoms with Crippen molar-refractivity contribution in [2.75, 3.05) is 0 Å². The summed E-state index contributed by atoms with van der Waals surface area (Å²) in [6.07, 6.45) is 8.85. The molecule has 0 heterocycles. The normalized spacial score (nSPS) is 22.4. The van der Waals surface area contributed by atoms with Crippen molar-refractivity contribution < 1.29 is 0 Å². The minimum absolute atomic E-state index is 0.363. The van der Waals surface area contributed by atoms with Crippen molar-refractivity contribution in [3.8, 4) is 0 Å². The predicted octanol–water partition coefficient (Wildman–Crippen LogP) is 4.81. The van der Waals surface area contributed by atoms with Gasteiger partial charge in [0.25, 0.3) is 0 Å². The molecule has 0 saturated heterocycles. The van der Waals surface area contributed by atoms with Gasteiger partial charge in [-0.25, -0.2) is 0 Å². The van der Waals surface area contributed by atoms with Crippen molar-refractivity contribution in [1.82, 2.24) is 0 Å². The van der Waals surface area contributed by atoms with Gasteiger partial charge < -0.3 is 0 Å². The van der Waals surface area contributed by atoms with Crippen LogP contribution in [0.15, 0.2) is 12.2 Å². The summed E-state index contributed by atoms with van der Waals surface area (Å²) in [5.74, 6) is 0. The summed E-state index contributed by atoms with van der Waals surface area (Å²) in [4.78, 5) is 0. The summed E-state index contributed by atoms with van der Waals surface area (Å²) in [6, 6.07) is 0. The SMILES string of the molecule is CC(C)(C)C1(C(C)(C)C)C=CCCC1. The summed E-state index contributed by atoms with van der Waals surface area (Å²) < 4.78 is 0. The van der Waals surface area contributed by atoms with E-state index < -0.39 is 0 Å². The van der Waals surface area contributed by atoms with Crippen LogP contribution in [0.4, 0.5) is 0 Å². The quantitative estimate of drug-likeness (QED) is 0.486. The largest absolute Gasteiger partial charge is 0.0879 e. The molecule has 0 heteroatoms. The van der Waals surface area contributed by atoms with Gasteiger partial charge in [-0.15, -0.1) is 0 Å². The number of rotatable bonds is 0. The van der Waals surface area contributed by atoms with Gasteiger partial charge in [0.15, 0.2) is 0 Å². The van der Waals surface area contributed by atoms with Gasteiger partial charge in [-0.2, -0.15) is 0 Å². The average Bonchev–Trinajstić information content (AvgIpc) is 2.02. The predicted molar refractivity (Wildman–Crippen MR) is 64.3 cm³/mol. The first-order valence-electron chi connectivity index (χ1n) is 5.88. The van der Waals surface area contributed by atoms with E-state index >= 15 is 0 Å². The van der Waals surface area contributed by atoms with E-state index in [1.54, 1.807) is 0 Å². The summed E-state index contributed by atoms with van der Waals surface area (Å²) in [5.41, 5.74) is 1.10. The second-order valence-corrected chi connectivity index (χ2v) is 6.77. The van der Waals surface area contributed by atoms with Crippen LogP contribution < -0.4 is 0 Å². The molecule has 0 spiro atoms. The van der Waals surface area contributed by atoms with Gasteiger partial charge in [0.05, 0.1) is 0 Å². The third-order valence-electron chi connectivity index (χ3n) is 4.02. The summed E-state index contributed by atoms with van der Waals surface area (Å²) in [7, 11) is 0. The molecule has 1 aliphatic carbocycles. The van der Waals surface area contributed by atoms with Crippen LogP contribution in [0.5, 0.6) is 0 Å². The van der Waals surface area contributed by atoms with E-state index in [1.807, 2.05) is 0 Å². The van der Waals surface area contributed by atoms with Gasteiger partial charge in [-0.05, 0) is 35.5 Å². The van der Waals surface area contributed by atoms with E-state index in [0.29, 0.717) is 16.2 Å². The molecule has 0 nitrogen and oxygen atoms in total. The summed E-state index contributed by atoms with van der Waals surface area (Å²) >= 11 is 0. The number of allylic oxidation sites excluding steroid dienone is 2. The van der Waals surface area contributed by atoms with E-state index in [0.717, 1.165) is 0 Å². The molecule has 0 aromatic rings. The zero-order valence-corrected chi connectivity index (χ0v) is 10.8. The van der Waals surface area contributed by atoms with Crippen molar-refractivity contribution in [2.45, 2.75) is 60.8 Å². The zero-order valence-electron chi connectivity index (χ0n) is 10.8. The molecule has 14 heavy (non-hydrogen) atoms. The van der Waals surface area contributed by atoms with Crippen molar-refractivity contribution in [3.05, 3.63) is 12.2 Å². The van der Waals surface area contributed by atoms with Gasteiger partial charge in [0.1, 0.15) is 0 Å². The first kappa shape index (κ1) is 11.8. The van der Waals surface area contributed by atoms with E-state index in [2.05, 4.69) is 53.7 Å². The Morgan fingerprint density at radius 2 is 1.43 bits per heavy atom. The third-order valence-corrected chi connectivity index (χ3v) is 4.02. The molecule has 82 valence electrons. The maximum Gasteiger partial charge on any atom is -0.00212 e. The van der Waals surface area contributed by atoms with Crippen LogP contribution in [0.25, 0.3) is 0 Å². The fourth-order valence-electron chi connectivity index (χ4n) is 3.24. The van der Waals surface area contributed by atoms with Crippen LogP contribution in [0.3, 0.4) is 0 Å². The molecule has 0 saturated carbocycles. The van der Waals surface area contributed by atoms with Crippen molar-refractivity contribution in [1.29, 1.82) is 0 Å². The molecule has 0 fully saturated rings. The molecular weight excluding hydrogens is 168 g/mol. The molecule has 0 N–H and O–H groups in total. The van der Waals surface area contributed by atoms with Gasteiger partial charge in [-0.3, -0.25) is 0 Å². The van der Waals surface area contributed by atoms with E-state index in [4.69, 9.17) is 0 Å². The Bertz CT molecular complexity index is 205. The van der Waals surface area contributed by atoms with Crippen LogP contribution in [0.1, 0.15) is 60.8 Å². The van der Waals surface area contributed by atoms with Crippen LogP contribution in [0, 0.1) is 16.2 Å². The Morgan fingerprint density at radius 1 is 0.929 bits per heavy atom. The fraction of sp³-hybridized carbons (Fsp3) is 0.857. The third kappa shape index (κ3) is 1.76. The van der Waals surface area contributed by atoms with E-state index in [1.165, 1.54) is 19.3 Å². The minimum Gasteiger partial charge on any atom is -0.0879 e. The second kappa shape index (κ2) is 3.40. The smallest absolute Gasteiger partial charge is 0.00212 e. The van der Waals surface area contributed by atoms with Crippen LogP contribution in [-0.4, -0.2) is 0 Å². The highest BCUT2D eigenvalue weighted by Crippen LogP contribution is 2.57.